The van der Waals surface area contributed by atoms with E-state index in [0.29, 0.717) is 15.7 Å². The number of nitrogens with zero attached hydrogens (tertiary/aromatic N) is 1. The fourth-order valence-electron chi connectivity index (χ4n) is 2.39. The molecule has 27 heavy (non-hydrogen) atoms. The van der Waals surface area contributed by atoms with Gasteiger partial charge in [0.1, 0.15) is 11.8 Å². The maximum Gasteiger partial charge on any atom is 0.341 e. The lowest BCUT2D eigenvalue weighted by molar-refractivity contribution is -0.153. The zero-order chi connectivity index (χ0) is 20.0. The Morgan fingerprint density at radius 3 is 2.67 bits per heavy atom. The lowest BCUT2D eigenvalue weighted by atomic mass is 10.00. The molecule has 0 saturated carbocycles. The summed E-state index contributed by atoms with van der Waals surface area (Å²) in [6.45, 7) is -0.718. The number of rotatable bonds is 9. The molecule has 1 aliphatic heterocycles. The molecule has 2 rings (SSSR count). The second kappa shape index (κ2) is 9.78. The number of β-lactam (4-membered cyclic amide) rings is 1. The van der Waals surface area contributed by atoms with E-state index in [4.69, 9.17) is 10.8 Å². The van der Waals surface area contributed by atoms with Gasteiger partial charge in [0.25, 0.3) is 5.91 Å². The molecule has 2 amide bonds. The van der Waals surface area contributed by atoms with E-state index < -0.39 is 24.6 Å². The van der Waals surface area contributed by atoms with E-state index in [-0.39, 0.29) is 30.0 Å². The van der Waals surface area contributed by atoms with E-state index >= 15 is 0 Å². The van der Waals surface area contributed by atoms with Crippen LogP contribution in [0.3, 0.4) is 0 Å². The molecule has 1 fully saturated rings. The normalized spacial score (nSPS) is 18.6. The third-order valence-electron chi connectivity index (χ3n) is 3.73. The summed E-state index contributed by atoms with van der Waals surface area (Å²) in [5.74, 6) is -2.80. The summed E-state index contributed by atoms with van der Waals surface area (Å²) in [4.78, 5) is 46.3. The number of ether oxygens (including phenoxy) is 1. The molecule has 1 saturated heterocycles. The Labute approximate surface area is 173 Å². The molecule has 0 spiro atoms. The molecule has 11 heteroatoms. The number of nitrogen functional groups attached to an aromatic ring is 1. The van der Waals surface area contributed by atoms with Gasteiger partial charge in [-0.2, -0.15) is 0 Å². The monoisotopic (exact) mass is 507 g/mol. The highest BCUT2D eigenvalue weighted by atomic mass is 127. The van der Waals surface area contributed by atoms with E-state index in [9.17, 15) is 19.2 Å². The number of nitrogens with two attached hydrogens (primary N) is 1. The molecule has 0 unspecified atom stereocenters. The van der Waals surface area contributed by atoms with Crippen molar-refractivity contribution in [2.75, 3.05) is 22.5 Å². The van der Waals surface area contributed by atoms with Crippen molar-refractivity contribution < 1.29 is 29.0 Å². The zero-order valence-electron chi connectivity index (χ0n) is 14.1. The smallest absolute Gasteiger partial charge is 0.341 e. The van der Waals surface area contributed by atoms with Crippen LogP contribution in [0.15, 0.2) is 24.3 Å². The summed E-state index contributed by atoms with van der Waals surface area (Å²) >= 11 is 3.03. The number of aliphatic carboxylic acids is 1. The third-order valence-corrected chi connectivity index (χ3v) is 5.72. The molecule has 0 aromatic heterocycles. The van der Waals surface area contributed by atoms with Gasteiger partial charge in [-0.15, -0.1) is 0 Å². The van der Waals surface area contributed by atoms with Gasteiger partial charge in [0, 0.05) is 10.1 Å². The van der Waals surface area contributed by atoms with Crippen molar-refractivity contribution >= 4 is 64.0 Å². The number of carbonyl (C=O) groups is 4. The number of hydrogen-bond donors (Lipinski definition) is 3. The van der Waals surface area contributed by atoms with Crippen LogP contribution in [-0.4, -0.2) is 62.0 Å². The minimum Gasteiger partial charge on any atom is -0.479 e. The average Bonchev–Trinajstić information content (AvgIpc) is 2.63. The molecule has 1 aliphatic rings. The quantitative estimate of drug-likeness (QED) is 0.108. The average molecular weight is 507 g/mol. The van der Waals surface area contributed by atoms with Crippen LogP contribution in [0.1, 0.15) is 5.56 Å². The maximum atomic E-state index is 12.3. The number of carboxylic acid groups (broad SMARTS) is 1. The second-order valence-corrected chi connectivity index (χ2v) is 7.46. The van der Waals surface area contributed by atoms with Crippen molar-refractivity contribution in [3.05, 3.63) is 29.8 Å². The molecule has 4 N–H and O–H groups in total. The lowest BCUT2D eigenvalue weighted by Gasteiger charge is -2.45. The highest BCUT2D eigenvalue weighted by Gasteiger charge is 2.48. The molecule has 0 bridgehead atoms. The molecule has 0 radical (unpaired) electrons. The number of nitrogens with one attached hydrogen (secondary N) is 1. The minimum atomic E-state index is -1.25. The van der Waals surface area contributed by atoms with Crippen molar-refractivity contribution in [2.24, 2.45) is 0 Å². The Morgan fingerprint density at radius 1 is 1.33 bits per heavy atom. The van der Waals surface area contributed by atoms with Crippen LogP contribution in [-0.2, 0) is 30.3 Å². The number of anilines is 1. The first-order valence-corrected chi connectivity index (χ1v) is 10.3. The Morgan fingerprint density at radius 2 is 2.04 bits per heavy atom. The van der Waals surface area contributed by atoms with Crippen molar-refractivity contribution in [2.45, 2.75) is 18.5 Å². The van der Waals surface area contributed by atoms with E-state index in [1.165, 1.54) is 4.31 Å². The van der Waals surface area contributed by atoms with Gasteiger partial charge in [-0.25, -0.2) is 4.79 Å². The Kier molecular flexibility index (Phi) is 7.71. The number of carbonyl (C=O) groups excluding carboxylic acids is 3. The van der Waals surface area contributed by atoms with Crippen LogP contribution in [0.2, 0.25) is 0 Å². The molecule has 0 aliphatic carbocycles. The Bertz CT molecular complexity index is 747. The highest BCUT2D eigenvalue weighted by molar-refractivity contribution is 14.1. The number of benzene rings is 1. The molecular weight excluding hydrogens is 489 g/mol. The van der Waals surface area contributed by atoms with Crippen LogP contribution in [0.4, 0.5) is 5.69 Å². The first kappa shape index (κ1) is 21.3. The van der Waals surface area contributed by atoms with Gasteiger partial charge in [-0.3, -0.25) is 18.7 Å². The lowest BCUT2D eigenvalue weighted by Crippen LogP contribution is -2.69. The number of hydrogen-bond acceptors (Lipinski definition) is 7. The molecular formula is C16H18IN3O6S. The van der Waals surface area contributed by atoms with Crippen LogP contribution >= 0.6 is 34.5 Å². The number of alkyl halides is 1. The zero-order valence-corrected chi connectivity index (χ0v) is 17.1. The SMILES string of the molecule is Nc1ccccc1CC(=O)N[C@@H]1C(=O)N(SCC(=O)OCC(=O)O)[C@@H]1CI. The number of halogens is 1. The third kappa shape index (κ3) is 5.73. The summed E-state index contributed by atoms with van der Waals surface area (Å²) in [6, 6.07) is 6.07. The molecule has 1 aromatic carbocycles. The number of carboxylic acids is 1. The first-order chi connectivity index (χ1) is 12.8. The minimum absolute atomic E-state index is 0.0685. The van der Waals surface area contributed by atoms with Gasteiger partial charge < -0.3 is 20.9 Å². The number of esters is 1. The topological polar surface area (TPSA) is 139 Å². The molecule has 2 atom stereocenters. The maximum absolute atomic E-state index is 12.3. The van der Waals surface area contributed by atoms with Crippen LogP contribution in [0, 0.1) is 0 Å². The van der Waals surface area contributed by atoms with Gasteiger partial charge in [0.15, 0.2) is 6.61 Å². The fraction of sp³-hybridized carbons (Fsp3) is 0.375. The van der Waals surface area contributed by atoms with Crippen molar-refractivity contribution in [3.63, 3.8) is 0 Å². The largest absolute Gasteiger partial charge is 0.479 e. The summed E-state index contributed by atoms with van der Waals surface area (Å²) in [5, 5.41) is 11.2. The van der Waals surface area contributed by atoms with Crippen molar-refractivity contribution in [1.82, 2.24) is 9.62 Å². The predicted octanol–water partition coefficient (Wildman–Crippen LogP) is 0.218. The summed E-state index contributed by atoms with van der Waals surface area (Å²) in [6.07, 6.45) is 0.0685. The Hall–Kier alpha value is -2.02. The van der Waals surface area contributed by atoms with Gasteiger partial charge in [-0.05, 0) is 23.6 Å². The van der Waals surface area contributed by atoms with Crippen LogP contribution in [0.25, 0.3) is 0 Å². The van der Waals surface area contributed by atoms with Gasteiger partial charge in [0.2, 0.25) is 5.91 Å². The van der Waals surface area contributed by atoms with Crippen molar-refractivity contribution in [1.29, 1.82) is 0 Å². The van der Waals surface area contributed by atoms with E-state index in [0.717, 1.165) is 11.9 Å². The first-order valence-electron chi connectivity index (χ1n) is 7.85. The van der Waals surface area contributed by atoms with Gasteiger partial charge in [0.05, 0.1) is 12.5 Å². The fourth-order valence-corrected chi connectivity index (χ4v) is 4.51. The summed E-state index contributed by atoms with van der Waals surface area (Å²) in [7, 11) is 0. The molecule has 1 aromatic rings. The van der Waals surface area contributed by atoms with Gasteiger partial charge in [-0.1, -0.05) is 40.8 Å². The number of amides is 2. The standard InChI is InChI=1S/C16H18IN3O6S/c17-6-11-15(19-12(21)5-9-3-1-2-4-10(9)18)16(25)20(11)27-8-14(24)26-7-13(22)23/h1-4,11,15H,5-8,18H2,(H,19,21)(H,22,23)/t11-,15+/m1/s1. The number of para-hydroxylation sites is 1. The summed E-state index contributed by atoms with van der Waals surface area (Å²) < 4.78 is 6.47. The second-order valence-electron chi connectivity index (χ2n) is 5.63. The van der Waals surface area contributed by atoms with E-state index in [2.05, 4.69) is 32.6 Å². The van der Waals surface area contributed by atoms with Crippen molar-refractivity contribution in [3.8, 4) is 0 Å². The van der Waals surface area contributed by atoms with Crippen LogP contribution in [0.5, 0.6) is 0 Å². The van der Waals surface area contributed by atoms with Crippen LogP contribution < -0.4 is 11.1 Å². The Balaban J connectivity index is 1.84. The predicted molar refractivity (Wildman–Crippen MR) is 107 cm³/mol. The highest BCUT2D eigenvalue weighted by Crippen LogP contribution is 2.30. The van der Waals surface area contributed by atoms with E-state index in [1.54, 1.807) is 24.3 Å². The summed E-state index contributed by atoms with van der Waals surface area (Å²) in [5.41, 5.74) is 7.01. The molecule has 146 valence electrons. The molecule has 9 nitrogen and oxygen atoms in total. The van der Waals surface area contributed by atoms with Gasteiger partial charge >= 0.3 is 11.9 Å². The van der Waals surface area contributed by atoms with E-state index in [1.807, 2.05) is 0 Å². The molecule has 1 heterocycles.